The second-order valence-electron chi connectivity index (χ2n) is 7.33. The van der Waals surface area contributed by atoms with Crippen molar-refractivity contribution in [2.24, 2.45) is 5.73 Å². The summed E-state index contributed by atoms with van der Waals surface area (Å²) in [4.78, 5) is 35.4. The molecule has 158 valence electrons. The average molecular weight is 410 g/mol. The highest BCUT2D eigenvalue weighted by molar-refractivity contribution is 5.95. The van der Waals surface area contributed by atoms with Gasteiger partial charge in [-0.05, 0) is 61.4 Å². The Morgan fingerprint density at radius 2 is 1.77 bits per heavy atom. The molecule has 0 heterocycles. The van der Waals surface area contributed by atoms with Crippen LogP contribution in [0.4, 0.5) is 0 Å². The summed E-state index contributed by atoms with van der Waals surface area (Å²) in [5.74, 6) is -1.58. The van der Waals surface area contributed by atoms with Crippen molar-refractivity contribution in [2.45, 2.75) is 38.6 Å². The van der Waals surface area contributed by atoms with Gasteiger partial charge in [0.2, 0.25) is 0 Å². The molecule has 0 saturated carbocycles. The van der Waals surface area contributed by atoms with Crippen molar-refractivity contribution < 1.29 is 23.9 Å². The lowest BCUT2D eigenvalue weighted by Gasteiger charge is -2.20. The first-order valence-corrected chi connectivity index (χ1v) is 10.0. The maximum absolute atomic E-state index is 12.1. The number of rotatable bonds is 8. The molecule has 2 aromatic rings. The largest absolute Gasteiger partial charge is 0.481 e. The van der Waals surface area contributed by atoms with E-state index in [2.05, 4.69) is 17.4 Å². The van der Waals surface area contributed by atoms with Gasteiger partial charge in [0.25, 0.3) is 11.8 Å². The highest BCUT2D eigenvalue weighted by Crippen LogP contribution is 2.24. The zero-order valence-corrected chi connectivity index (χ0v) is 17.0. The fourth-order valence-corrected chi connectivity index (χ4v) is 3.51. The molecule has 2 aromatic carbocycles. The second-order valence-corrected chi connectivity index (χ2v) is 7.33. The first-order valence-electron chi connectivity index (χ1n) is 10.0. The highest BCUT2D eigenvalue weighted by Gasteiger charge is 2.16. The maximum Gasteiger partial charge on any atom is 0.344 e. The monoisotopic (exact) mass is 410 g/mol. The van der Waals surface area contributed by atoms with Crippen LogP contribution in [0, 0.1) is 0 Å². The van der Waals surface area contributed by atoms with Gasteiger partial charge in [-0.3, -0.25) is 9.59 Å². The lowest BCUT2D eigenvalue weighted by molar-refractivity contribution is -0.150. The van der Waals surface area contributed by atoms with Gasteiger partial charge in [0, 0.05) is 0 Å². The third kappa shape index (κ3) is 5.59. The molecule has 0 fully saturated rings. The van der Waals surface area contributed by atoms with Crippen LogP contribution in [0.15, 0.2) is 42.5 Å². The van der Waals surface area contributed by atoms with Gasteiger partial charge in [-0.2, -0.15) is 0 Å². The first-order chi connectivity index (χ1) is 14.4. The average Bonchev–Trinajstić information content (AvgIpc) is 2.76. The van der Waals surface area contributed by atoms with E-state index in [9.17, 15) is 14.4 Å². The summed E-state index contributed by atoms with van der Waals surface area (Å²) in [5.41, 5.74) is 9.19. The van der Waals surface area contributed by atoms with Crippen LogP contribution in [0.2, 0.25) is 0 Å². The molecule has 3 N–H and O–H groups in total. The molecule has 7 nitrogen and oxygen atoms in total. The van der Waals surface area contributed by atoms with Crippen molar-refractivity contribution in [1.29, 1.82) is 0 Å². The Bertz CT molecular complexity index is 941. The van der Waals surface area contributed by atoms with Crippen molar-refractivity contribution in [3.05, 3.63) is 64.7 Å². The SMILES string of the molecule is C[C@H](NC(=O)COC(=O)COc1ccccc1C(N)=O)c1ccc2c(c1)CCCC2. The standard InChI is InChI=1S/C23H26N2O5/c1-15(17-11-10-16-6-2-3-7-18(16)12-17)25-21(26)13-30-22(27)14-29-20-9-5-4-8-19(20)23(24)28/h4-5,8-12,15H,2-3,6-7,13-14H2,1H3,(H2,24,28)(H,25,26)/t15-/m0/s1. The third-order valence-electron chi connectivity index (χ3n) is 5.11. The number of nitrogens with two attached hydrogens (primary N) is 1. The number of fused-ring (bicyclic) bond motifs is 1. The summed E-state index contributed by atoms with van der Waals surface area (Å²) in [6.07, 6.45) is 4.60. The van der Waals surface area contributed by atoms with E-state index in [0.717, 1.165) is 18.4 Å². The van der Waals surface area contributed by atoms with E-state index < -0.39 is 31.0 Å². The van der Waals surface area contributed by atoms with Crippen molar-refractivity contribution in [3.8, 4) is 5.75 Å². The molecule has 0 spiro atoms. The van der Waals surface area contributed by atoms with Gasteiger partial charge in [-0.1, -0.05) is 30.3 Å². The fourth-order valence-electron chi connectivity index (χ4n) is 3.51. The lowest BCUT2D eigenvalue weighted by Crippen LogP contribution is -2.32. The molecule has 3 rings (SSSR count). The molecule has 1 aliphatic rings. The number of ether oxygens (including phenoxy) is 2. The van der Waals surface area contributed by atoms with Crippen molar-refractivity contribution in [1.82, 2.24) is 5.32 Å². The molecule has 0 aromatic heterocycles. The van der Waals surface area contributed by atoms with E-state index in [0.29, 0.717) is 0 Å². The zero-order valence-electron chi connectivity index (χ0n) is 17.0. The van der Waals surface area contributed by atoms with Crippen LogP contribution >= 0.6 is 0 Å². The number of aryl methyl sites for hydroxylation is 2. The van der Waals surface area contributed by atoms with E-state index in [4.69, 9.17) is 15.2 Å². The predicted molar refractivity (Wildman–Crippen MR) is 111 cm³/mol. The molecule has 2 amide bonds. The summed E-state index contributed by atoms with van der Waals surface area (Å²) in [6, 6.07) is 12.4. The van der Waals surface area contributed by atoms with Crippen LogP contribution in [0.1, 0.15) is 52.9 Å². The Hall–Kier alpha value is -3.35. The number of carbonyl (C=O) groups is 3. The minimum Gasteiger partial charge on any atom is -0.481 e. The molecule has 0 radical (unpaired) electrons. The number of hydrogen-bond donors (Lipinski definition) is 2. The first kappa shape index (κ1) is 21.4. The van der Waals surface area contributed by atoms with Gasteiger partial charge in [0.15, 0.2) is 13.2 Å². The van der Waals surface area contributed by atoms with Gasteiger partial charge in [-0.15, -0.1) is 0 Å². The molecule has 1 aliphatic carbocycles. The van der Waals surface area contributed by atoms with Crippen LogP contribution in [0.5, 0.6) is 5.75 Å². The van der Waals surface area contributed by atoms with E-state index in [1.54, 1.807) is 12.1 Å². The molecule has 0 unspecified atom stereocenters. The normalized spacial score (nSPS) is 13.6. The molecule has 1 atom stereocenters. The maximum atomic E-state index is 12.1. The van der Waals surface area contributed by atoms with E-state index >= 15 is 0 Å². The van der Waals surface area contributed by atoms with Gasteiger partial charge in [0.1, 0.15) is 5.75 Å². The predicted octanol–water partition coefficient (Wildman–Crippen LogP) is 2.46. The Labute approximate surface area is 175 Å². The van der Waals surface area contributed by atoms with Gasteiger partial charge in [-0.25, -0.2) is 4.79 Å². The number of primary amides is 1. The number of esters is 1. The summed E-state index contributed by atoms with van der Waals surface area (Å²) in [5, 5.41) is 2.84. The molecule has 0 aliphatic heterocycles. The topological polar surface area (TPSA) is 108 Å². The highest BCUT2D eigenvalue weighted by atomic mass is 16.6. The molecule has 0 saturated heterocycles. The number of amides is 2. The molecular formula is C23H26N2O5. The fraction of sp³-hybridized carbons (Fsp3) is 0.348. The summed E-state index contributed by atoms with van der Waals surface area (Å²) in [7, 11) is 0. The minimum absolute atomic E-state index is 0.168. The number of benzene rings is 2. The molecule has 7 heteroatoms. The van der Waals surface area contributed by atoms with E-state index in [1.807, 2.05) is 13.0 Å². The van der Waals surface area contributed by atoms with E-state index in [-0.39, 0.29) is 17.4 Å². The van der Waals surface area contributed by atoms with Crippen LogP contribution in [-0.4, -0.2) is 31.0 Å². The molecule has 0 bridgehead atoms. The van der Waals surface area contributed by atoms with Crippen LogP contribution < -0.4 is 15.8 Å². The minimum atomic E-state index is -0.717. The third-order valence-corrected chi connectivity index (χ3v) is 5.11. The molecular weight excluding hydrogens is 384 g/mol. The van der Waals surface area contributed by atoms with Crippen molar-refractivity contribution in [2.75, 3.05) is 13.2 Å². The van der Waals surface area contributed by atoms with Crippen molar-refractivity contribution in [3.63, 3.8) is 0 Å². The summed E-state index contributed by atoms with van der Waals surface area (Å²) in [6.45, 7) is 1.06. The Balaban J connectivity index is 1.45. The van der Waals surface area contributed by atoms with Crippen molar-refractivity contribution >= 4 is 17.8 Å². The quantitative estimate of drug-likeness (QED) is 0.650. The smallest absolute Gasteiger partial charge is 0.344 e. The molecule has 30 heavy (non-hydrogen) atoms. The zero-order chi connectivity index (χ0) is 21.5. The number of hydrogen-bond acceptors (Lipinski definition) is 5. The van der Waals surface area contributed by atoms with E-state index in [1.165, 1.54) is 36.1 Å². The Morgan fingerprint density at radius 1 is 1.03 bits per heavy atom. The Morgan fingerprint density at radius 3 is 2.53 bits per heavy atom. The summed E-state index contributed by atoms with van der Waals surface area (Å²) >= 11 is 0. The van der Waals surface area contributed by atoms with Crippen LogP contribution in [-0.2, 0) is 27.2 Å². The number of carbonyl (C=O) groups excluding carboxylic acids is 3. The van der Waals surface area contributed by atoms with Gasteiger partial charge in [0.05, 0.1) is 11.6 Å². The lowest BCUT2D eigenvalue weighted by atomic mass is 9.89. The Kier molecular flexibility index (Phi) is 7.06. The number of nitrogens with one attached hydrogen (secondary N) is 1. The number of para-hydroxylation sites is 1. The van der Waals surface area contributed by atoms with Crippen LogP contribution in [0.25, 0.3) is 0 Å². The summed E-state index contributed by atoms with van der Waals surface area (Å²) < 4.78 is 10.2. The van der Waals surface area contributed by atoms with Gasteiger partial charge < -0.3 is 20.5 Å². The van der Waals surface area contributed by atoms with Gasteiger partial charge >= 0.3 is 5.97 Å². The van der Waals surface area contributed by atoms with Crippen LogP contribution in [0.3, 0.4) is 0 Å². The second kappa shape index (κ2) is 9.91.